The van der Waals surface area contributed by atoms with Gasteiger partial charge in [-0.2, -0.15) is 10.5 Å². The van der Waals surface area contributed by atoms with Gasteiger partial charge in [-0.25, -0.2) is 6.57 Å². The molecule has 0 saturated heterocycles. The Bertz CT molecular complexity index is 683. The first kappa shape index (κ1) is 38.5. The summed E-state index contributed by atoms with van der Waals surface area (Å²) in [4.78, 5) is 3.77. The minimum Gasteiger partial charge on any atom is -0.310 e. The van der Waals surface area contributed by atoms with Crippen LogP contribution < -0.4 is 0 Å². The molecule has 0 spiro atoms. The van der Waals surface area contributed by atoms with Gasteiger partial charge in [0.1, 0.15) is 0 Å². The summed E-state index contributed by atoms with van der Waals surface area (Å²) in [5.74, 6) is 0.440. The molecule has 0 aromatic heterocycles. The molecule has 0 bridgehead atoms. The lowest BCUT2D eigenvalue weighted by atomic mass is 9.99. The third kappa shape index (κ3) is 23.6. The Labute approximate surface area is 272 Å². The van der Waals surface area contributed by atoms with Gasteiger partial charge in [0.05, 0.1) is 17.6 Å². The molecule has 0 N–H and O–H groups in total. The zero-order chi connectivity index (χ0) is 29.9. The van der Waals surface area contributed by atoms with Crippen molar-refractivity contribution in [2.24, 2.45) is 11.3 Å². The Morgan fingerprint density at radius 1 is 0.561 bits per heavy atom. The maximum Gasteiger partial charge on any atom is 0.233 e. The highest BCUT2D eigenvalue weighted by molar-refractivity contribution is 9.09. The van der Waals surface area contributed by atoms with E-state index in [2.05, 4.69) is 48.8 Å². The van der Waals surface area contributed by atoms with Crippen LogP contribution in [0.3, 0.4) is 0 Å². The SMILES string of the molecule is BrCCCCCCCCCCCCBr.N#CC1CC1.[C-]#[N+]C1(CCCCCCCCCCCCC2(C#N)CC2)CC1. The number of alkyl halides is 2. The number of hydrogen-bond acceptors (Lipinski definition) is 2. The number of nitrogens with zero attached hydrogens (tertiary/aromatic N) is 3. The van der Waals surface area contributed by atoms with E-state index in [1.165, 1.54) is 139 Å². The largest absolute Gasteiger partial charge is 0.310 e. The van der Waals surface area contributed by atoms with Crippen molar-refractivity contribution in [2.75, 3.05) is 10.7 Å². The van der Waals surface area contributed by atoms with Crippen LogP contribution in [0, 0.1) is 40.6 Å². The topological polar surface area (TPSA) is 51.9 Å². The zero-order valence-electron chi connectivity index (χ0n) is 26.4. The summed E-state index contributed by atoms with van der Waals surface area (Å²) in [5.41, 5.74) is 0.219. The summed E-state index contributed by atoms with van der Waals surface area (Å²) in [6.07, 6.45) is 36.9. The molecule has 3 saturated carbocycles. The van der Waals surface area contributed by atoms with Gasteiger partial charge >= 0.3 is 0 Å². The Hall–Kier alpha value is -0.570. The molecule has 0 radical (unpaired) electrons. The summed E-state index contributed by atoms with van der Waals surface area (Å²) in [6, 6.07) is 4.63. The molecule has 3 nitrogen and oxygen atoms in total. The molecule has 3 aliphatic rings. The smallest absolute Gasteiger partial charge is 0.233 e. The minimum atomic E-state index is 0.102. The van der Waals surface area contributed by atoms with Gasteiger partial charge in [0.2, 0.25) is 5.54 Å². The number of unbranched alkanes of at least 4 members (excludes halogenated alkanes) is 18. The van der Waals surface area contributed by atoms with Crippen molar-refractivity contribution in [1.82, 2.24) is 0 Å². The Morgan fingerprint density at radius 3 is 1.17 bits per heavy atom. The van der Waals surface area contributed by atoms with Crippen molar-refractivity contribution in [2.45, 2.75) is 185 Å². The van der Waals surface area contributed by atoms with Crippen LogP contribution in [-0.2, 0) is 0 Å². The molecule has 0 amide bonds. The highest BCUT2D eigenvalue weighted by Gasteiger charge is 2.49. The maximum atomic E-state index is 9.02. The first-order valence-electron chi connectivity index (χ1n) is 17.4. The molecule has 234 valence electrons. The first-order chi connectivity index (χ1) is 20.1. The van der Waals surface area contributed by atoms with Crippen LogP contribution in [0.4, 0.5) is 0 Å². The molecule has 41 heavy (non-hydrogen) atoms. The molecule has 3 fully saturated rings. The van der Waals surface area contributed by atoms with Crippen LogP contribution in [0.2, 0.25) is 0 Å². The molecule has 3 aliphatic carbocycles. The molecule has 0 aromatic carbocycles. The van der Waals surface area contributed by atoms with Crippen molar-refractivity contribution in [3.63, 3.8) is 0 Å². The highest BCUT2D eigenvalue weighted by Crippen LogP contribution is 2.49. The van der Waals surface area contributed by atoms with Crippen molar-refractivity contribution >= 4 is 31.9 Å². The van der Waals surface area contributed by atoms with Crippen molar-refractivity contribution < 1.29 is 0 Å². The maximum absolute atomic E-state index is 9.02. The van der Waals surface area contributed by atoms with Gasteiger partial charge in [-0.05, 0) is 51.4 Å². The van der Waals surface area contributed by atoms with E-state index in [1.54, 1.807) is 0 Å². The Morgan fingerprint density at radius 2 is 0.927 bits per heavy atom. The molecule has 0 aliphatic heterocycles. The van der Waals surface area contributed by atoms with Gasteiger partial charge in [0.15, 0.2) is 0 Å². The van der Waals surface area contributed by atoms with Crippen LogP contribution in [0.25, 0.3) is 4.85 Å². The van der Waals surface area contributed by atoms with Crippen LogP contribution in [0.5, 0.6) is 0 Å². The van der Waals surface area contributed by atoms with Crippen LogP contribution in [0.15, 0.2) is 0 Å². The monoisotopic (exact) mass is 693 g/mol. The van der Waals surface area contributed by atoms with Crippen molar-refractivity contribution in [3.05, 3.63) is 11.4 Å². The second-order valence-electron chi connectivity index (χ2n) is 13.1. The van der Waals surface area contributed by atoms with Crippen LogP contribution >= 0.6 is 31.9 Å². The first-order valence-corrected chi connectivity index (χ1v) is 19.6. The Kier molecular flexibility index (Phi) is 24.3. The quantitative estimate of drug-likeness (QED) is 0.0573. The Balaban J connectivity index is 0.000000375. The molecular formula is C36H61Br2N3. The number of nitriles is 2. The van der Waals surface area contributed by atoms with E-state index in [1.807, 2.05) is 0 Å². The van der Waals surface area contributed by atoms with Gasteiger partial charge in [-0.1, -0.05) is 141 Å². The van der Waals surface area contributed by atoms with Crippen molar-refractivity contribution in [1.29, 1.82) is 10.5 Å². The number of hydrogen-bond donors (Lipinski definition) is 0. The number of rotatable bonds is 24. The van der Waals surface area contributed by atoms with Crippen LogP contribution in [-0.4, -0.2) is 16.2 Å². The highest BCUT2D eigenvalue weighted by atomic mass is 79.9. The van der Waals surface area contributed by atoms with E-state index in [4.69, 9.17) is 17.1 Å². The number of halogens is 2. The molecule has 5 heteroatoms. The third-order valence-corrected chi connectivity index (χ3v) is 10.1. The van der Waals surface area contributed by atoms with Gasteiger partial charge < -0.3 is 4.85 Å². The molecule has 0 unspecified atom stereocenters. The fraction of sp³-hybridized carbons (Fsp3) is 0.917. The average Bonchev–Trinajstić information content (AvgIpc) is 3.88. The van der Waals surface area contributed by atoms with Crippen LogP contribution in [0.1, 0.15) is 180 Å². The minimum absolute atomic E-state index is 0.102. The van der Waals surface area contributed by atoms with E-state index in [0.29, 0.717) is 5.92 Å². The predicted molar refractivity (Wildman–Crippen MR) is 183 cm³/mol. The molecule has 0 heterocycles. The molecule has 0 atom stereocenters. The van der Waals surface area contributed by atoms with E-state index in [-0.39, 0.29) is 11.0 Å². The second-order valence-corrected chi connectivity index (χ2v) is 14.7. The normalized spacial score (nSPS) is 17.0. The summed E-state index contributed by atoms with van der Waals surface area (Å²) < 4.78 is 0. The summed E-state index contributed by atoms with van der Waals surface area (Å²) in [5, 5.41) is 19.3. The summed E-state index contributed by atoms with van der Waals surface area (Å²) in [6.45, 7) is 7.17. The lowest BCUT2D eigenvalue weighted by Crippen LogP contribution is -2.00. The average molecular weight is 696 g/mol. The van der Waals surface area contributed by atoms with E-state index in [9.17, 15) is 0 Å². The van der Waals surface area contributed by atoms with E-state index in [0.717, 1.165) is 51.4 Å². The predicted octanol–water partition coefficient (Wildman–Crippen LogP) is 13.0. The van der Waals surface area contributed by atoms with Gasteiger partial charge in [0.25, 0.3) is 0 Å². The van der Waals surface area contributed by atoms with Gasteiger partial charge in [-0.3, -0.25) is 0 Å². The van der Waals surface area contributed by atoms with Gasteiger partial charge in [-0.15, -0.1) is 0 Å². The second kappa shape index (κ2) is 25.9. The lowest BCUT2D eigenvalue weighted by molar-refractivity contribution is 0.504. The molecular weight excluding hydrogens is 634 g/mol. The summed E-state index contributed by atoms with van der Waals surface area (Å²) >= 11 is 6.93. The van der Waals surface area contributed by atoms with E-state index >= 15 is 0 Å². The summed E-state index contributed by atoms with van der Waals surface area (Å²) in [7, 11) is 0. The fourth-order valence-corrected chi connectivity index (χ4v) is 6.07. The van der Waals surface area contributed by atoms with Crippen molar-refractivity contribution in [3.8, 4) is 12.1 Å². The molecule has 0 aromatic rings. The third-order valence-electron chi connectivity index (χ3n) is 8.98. The lowest BCUT2D eigenvalue weighted by Gasteiger charge is -2.05. The standard InChI is InChI=1S/C20H32N2.C12H24Br2.C4H5N/c1-22-20(16-17-20)13-11-9-7-5-3-2-4-6-8-10-12-19(18-21)14-15-19;13-11-9-7-5-3-1-2-4-6-8-10-12-14;5-3-4-1-2-4/h2-17H2;1-12H2;4H,1-2H2. The van der Waals surface area contributed by atoms with Gasteiger partial charge in [0, 0.05) is 35.8 Å². The molecule has 3 rings (SSSR count). The zero-order valence-corrected chi connectivity index (χ0v) is 29.6. The van der Waals surface area contributed by atoms with E-state index < -0.39 is 0 Å². The fourth-order valence-electron chi connectivity index (χ4n) is 5.28.